The number of nitrogens with zero attached hydrogens (tertiary/aromatic N) is 1. The van der Waals surface area contributed by atoms with Crippen molar-refractivity contribution in [2.24, 2.45) is 0 Å². The van der Waals surface area contributed by atoms with Crippen LogP contribution in [0.5, 0.6) is 0 Å². The van der Waals surface area contributed by atoms with Crippen LogP contribution in [0.1, 0.15) is 0 Å². The Morgan fingerprint density at radius 3 is 1.18 bits per heavy atom. The lowest BCUT2D eigenvalue weighted by atomic mass is 9.92. The van der Waals surface area contributed by atoms with Crippen LogP contribution in [0.4, 0.5) is 17.1 Å². The van der Waals surface area contributed by atoms with Crippen LogP contribution in [-0.4, -0.2) is 0 Å². The summed E-state index contributed by atoms with van der Waals surface area (Å²) < 4.78 is 0. The van der Waals surface area contributed by atoms with Gasteiger partial charge in [0.15, 0.2) is 0 Å². The minimum Gasteiger partial charge on any atom is -0.310 e. The van der Waals surface area contributed by atoms with Gasteiger partial charge in [-0.05, 0) is 113 Å². The zero-order valence-corrected chi connectivity index (χ0v) is 28.0. The maximum Gasteiger partial charge on any atom is 0.0540 e. The molecule has 0 fully saturated rings. The lowest BCUT2D eigenvalue weighted by Gasteiger charge is -2.28. The van der Waals surface area contributed by atoms with Gasteiger partial charge in [-0.3, -0.25) is 0 Å². The first kappa shape index (κ1) is 29.2. The lowest BCUT2D eigenvalue weighted by molar-refractivity contribution is 1.30. The molecule has 0 bridgehead atoms. The molecule has 0 unspecified atom stereocenters. The monoisotopic (exact) mass is 647 g/mol. The van der Waals surface area contributed by atoms with Gasteiger partial charge in [-0.1, -0.05) is 158 Å². The molecule has 0 amide bonds. The summed E-state index contributed by atoms with van der Waals surface area (Å²) in [5, 5.41) is 12.6. The highest BCUT2D eigenvalue weighted by Gasteiger charge is 2.18. The third-order valence-electron chi connectivity index (χ3n) is 10.4. The van der Waals surface area contributed by atoms with Crippen molar-refractivity contribution < 1.29 is 0 Å². The molecule has 1 nitrogen and oxygen atoms in total. The molecule has 238 valence electrons. The van der Waals surface area contributed by atoms with E-state index in [1.165, 1.54) is 76.1 Å². The minimum atomic E-state index is 1.11. The smallest absolute Gasteiger partial charge is 0.0540 e. The molecule has 1 heteroatoms. The fraction of sp³-hybridized carbons (Fsp3) is 0. The van der Waals surface area contributed by atoms with E-state index in [4.69, 9.17) is 0 Å². The fourth-order valence-electron chi connectivity index (χ4n) is 8.04. The van der Waals surface area contributed by atoms with Crippen molar-refractivity contribution in [2.45, 2.75) is 0 Å². The molecule has 10 aromatic carbocycles. The fourth-order valence-corrected chi connectivity index (χ4v) is 8.04. The number of anilines is 3. The van der Waals surface area contributed by atoms with Gasteiger partial charge in [0.1, 0.15) is 0 Å². The Bertz CT molecular complexity index is 2770. The van der Waals surface area contributed by atoms with Crippen molar-refractivity contribution in [3.63, 3.8) is 0 Å². The molecule has 0 aliphatic carbocycles. The number of hydrogen-bond donors (Lipinski definition) is 0. The van der Waals surface area contributed by atoms with Crippen molar-refractivity contribution in [3.05, 3.63) is 200 Å². The average molecular weight is 648 g/mol. The Hall–Kier alpha value is -6.70. The van der Waals surface area contributed by atoms with E-state index in [-0.39, 0.29) is 0 Å². The van der Waals surface area contributed by atoms with Gasteiger partial charge >= 0.3 is 0 Å². The van der Waals surface area contributed by atoms with Gasteiger partial charge in [0.25, 0.3) is 0 Å². The van der Waals surface area contributed by atoms with Crippen LogP contribution in [0.15, 0.2) is 200 Å². The van der Waals surface area contributed by atoms with Gasteiger partial charge in [0.2, 0.25) is 0 Å². The number of fused-ring (bicyclic) bond motifs is 7. The summed E-state index contributed by atoms with van der Waals surface area (Å²) in [5.74, 6) is 0. The van der Waals surface area contributed by atoms with Gasteiger partial charge in [0, 0.05) is 16.8 Å². The van der Waals surface area contributed by atoms with Gasteiger partial charge in [0.05, 0.1) is 5.69 Å². The molecule has 10 rings (SSSR count). The molecule has 0 radical (unpaired) electrons. The largest absolute Gasteiger partial charge is 0.310 e. The Morgan fingerprint density at radius 1 is 0.255 bits per heavy atom. The van der Waals surface area contributed by atoms with Crippen molar-refractivity contribution >= 4 is 70.9 Å². The summed E-state index contributed by atoms with van der Waals surface area (Å²) in [4.78, 5) is 2.43. The number of benzene rings is 10. The van der Waals surface area contributed by atoms with Crippen LogP contribution in [0.25, 0.3) is 76.1 Å². The Morgan fingerprint density at radius 2 is 0.647 bits per heavy atom. The lowest BCUT2D eigenvalue weighted by Crippen LogP contribution is -2.10. The van der Waals surface area contributed by atoms with E-state index in [0.29, 0.717) is 0 Å². The molecule has 0 atom stereocenters. The molecule has 51 heavy (non-hydrogen) atoms. The summed E-state index contributed by atoms with van der Waals surface area (Å²) in [6.45, 7) is 0. The summed E-state index contributed by atoms with van der Waals surface area (Å²) in [6, 6.07) is 73.1. The predicted molar refractivity (Wildman–Crippen MR) is 220 cm³/mol. The minimum absolute atomic E-state index is 1.11. The summed E-state index contributed by atoms with van der Waals surface area (Å²) in [5.41, 5.74) is 8.23. The van der Waals surface area contributed by atoms with E-state index in [2.05, 4.69) is 205 Å². The highest BCUT2D eigenvalue weighted by molar-refractivity contribution is 6.15. The maximum absolute atomic E-state index is 2.43. The zero-order chi connectivity index (χ0) is 33.7. The molecule has 0 aliphatic rings. The molecule has 10 aromatic rings. The second-order valence-corrected chi connectivity index (χ2v) is 13.3. The van der Waals surface area contributed by atoms with Crippen LogP contribution in [0.2, 0.25) is 0 Å². The topological polar surface area (TPSA) is 3.24 Å². The molecule has 0 saturated heterocycles. The first-order chi connectivity index (χ1) is 25.3. The third kappa shape index (κ3) is 4.94. The normalized spacial score (nSPS) is 11.5. The SMILES string of the molecule is c1cc(-c2cc3ccccc3c3ccccc23)cc(N(c2cccc(-c3cc4ccccc4c4ccccc34)c2)c2cccc3ccccc23)c1. The Labute approximate surface area is 297 Å². The van der Waals surface area contributed by atoms with Crippen LogP contribution >= 0.6 is 0 Å². The Balaban J connectivity index is 1.20. The summed E-state index contributed by atoms with van der Waals surface area (Å²) >= 11 is 0. The Kier molecular flexibility index (Phi) is 6.89. The van der Waals surface area contributed by atoms with Gasteiger partial charge in [-0.2, -0.15) is 0 Å². The molecule has 0 saturated carbocycles. The van der Waals surface area contributed by atoms with Gasteiger partial charge < -0.3 is 4.90 Å². The van der Waals surface area contributed by atoms with Crippen molar-refractivity contribution in [3.8, 4) is 22.3 Å². The maximum atomic E-state index is 2.43. The standard InChI is InChI=1S/C50H33N/c1-6-24-43-34(14-1)17-13-29-50(43)51(39-20-11-18-35(30-39)48-32-37-15-2-4-22-41(37)44-25-7-9-27-46(44)48)40-21-12-19-36(31-40)49-33-38-16-3-5-23-42(38)45-26-8-10-28-47(45)49/h1-33H. The number of hydrogen-bond acceptors (Lipinski definition) is 1. The molecule has 0 heterocycles. The van der Waals surface area contributed by atoms with E-state index in [1.54, 1.807) is 0 Å². The van der Waals surface area contributed by atoms with Gasteiger partial charge in [-0.15, -0.1) is 0 Å². The van der Waals surface area contributed by atoms with E-state index in [0.717, 1.165) is 17.1 Å². The third-order valence-corrected chi connectivity index (χ3v) is 10.4. The quantitative estimate of drug-likeness (QED) is 0.168. The van der Waals surface area contributed by atoms with Crippen molar-refractivity contribution in [2.75, 3.05) is 4.90 Å². The van der Waals surface area contributed by atoms with Crippen LogP contribution in [-0.2, 0) is 0 Å². The molecular formula is C50H33N. The van der Waals surface area contributed by atoms with Crippen molar-refractivity contribution in [1.29, 1.82) is 0 Å². The van der Waals surface area contributed by atoms with Crippen molar-refractivity contribution in [1.82, 2.24) is 0 Å². The first-order valence-electron chi connectivity index (χ1n) is 17.6. The molecule has 0 N–H and O–H groups in total. The molecular weight excluding hydrogens is 615 g/mol. The summed E-state index contributed by atoms with van der Waals surface area (Å²) in [7, 11) is 0. The predicted octanol–water partition coefficient (Wildman–Crippen LogP) is 14.3. The molecule has 0 spiro atoms. The highest BCUT2D eigenvalue weighted by Crippen LogP contribution is 2.44. The van der Waals surface area contributed by atoms with Crippen LogP contribution < -0.4 is 4.90 Å². The highest BCUT2D eigenvalue weighted by atomic mass is 15.1. The van der Waals surface area contributed by atoms with E-state index >= 15 is 0 Å². The zero-order valence-electron chi connectivity index (χ0n) is 28.0. The second kappa shape index (κ2) is 12.0. The molecule has 0 aliphatic heterocycles. The van der Waals surface area contributed by atoms with E-state index < -0.39 is 0 Å². The van der Waals surface area contributed by atoms with Crippen LogP contribution in [0, 0.1) is 0 Å². The average Bonchev–Trinajstić information content (AvgIpc) is 3.21. The second-order valence-electron chi connectivity index (χ2n) is 13.3. The van der Waals surface area contributed by atoms with E-state index in [1.807, 2.05) is 0 Å². The van der Waals surface area contributed by atoms with Gasteiger partial charge in [-0.25, -0.2) is 0 Å². The summed E-state index contributed by atoms with van der Waals surface area (Å²) in [6.07, 6.45) is 0. The first-order valence-corrected chi connectivity index (χ1v) is 17.6. The van der Waals surface area contributed by atoms with E-state index in [9.17, 15) is 0 Å². The molecule has 0 aromatic heterocycles. The van der Waals surface area contributed by atoms with Crippen LogP contribution in [0.3, 0.4) is 0 Å². The number of rotatable bonds is 5.